The second kappa shape index (κ2) is 5.13. The topological polar surface area (TPSA) is 56.5 Å². The van der Waals surface area contributed by atoms with Crippen molar-refractivity contribution < 1.29 is 9.84 Å². The molecule has 1 heterocycles. The van der Waals surface area contributed by atoms with Crippen molar-refractivity contribution in [3.8, 4) is 6.07 Å². The van der Waals surface area contributed by atoms with Gasteiger partial charge in [0.1, 0.15) is 5.38 Å². The van der Waals surface area contributed by atoms with Crippen LogP contribution in [0.4, 0.5) is 0 Å². The maximum atomic E-state index is 9.08. The van der Waals surface area contributed by atoms with Crippen molar-refractivity contribution in [2.45, 2.75) is 30.9 Å². The molecule has 1 rings (SSSR count). The van der Waals surface area contributed by atoms with E-state index < -0.39 is 5.38 Å². The lowest BCUT2D eigenvalue weighted by Crippen LogP contribution is -2.54. The van der Waals surface area contributed by atoms with E-state index in [0.717, 1.165) is 6.54 Å². The minimum Gasteiger partial charge on any atom is -0.394 e. The minimum absolute atomic E-state index is 0.000560. The van der Waals surface area contributed by atoms with Crippen LogP contribution in [0.3, 0.4) is 0 Å². The first kappa shape index (κ1) is 12.7. The minimum atomic E-state index is -0.502. The van der Waals surface area contributed by atoms with Gasteiger partial charge in [0.2, 0.25) is 0 Å². The highest BCUT2D eigenvalue weighted by Crippen LogP contribution is 2.21. The fraction of sp³-hybridized carbons (Fsp3) is 0.900. The van der Waals surface area contributed by atoms with E-state index >= 15 is 0 Å². The molecule has 0 aromatic carbocycles. The molecule has 5 heteroatoms. The summed E-state index contributed by atoms with van der Waals surface area (Å²) in [6, 6.07) is 1.99. The summed E-state index contributed by atoms with van der Waals surface area (Å²) in [7, 11) is 0. The molecule has 0 aromatic heterocycles. The lowest BCUT2D eigenvalue weighted by Gasteiger charge is -2.42. The highest BCUT2D eigenvalue weighted by Gasteiger charge is 2.33. The first-order valence-electron chi connectivity index (χ1n) is 5.01. The lowest BCUT2D eigenvalue weighted by molar-refractivity contribution is -0.148. The smallest absolute Gasteiger partial charge is 0.133 e. The van der Waals surface area contributed by atoms with E-state index in [9.17, 15) is 0 Å². The predicted octanol–water partition coefficient (Wildman–Crippen LogP) is 0.589. The number of aliphatic hydroxyl groups is 1. The summed E-state index contributed by atoms with van der Waals surface area (Å²) in [5.74, 6) is 0. The van der Waals surface area contributed by atoms with Gasteiger partial charge in [0.25, 0.3) is 0 Å². The highest BCUT2D eigenvalue weighted by molar-refractivity contribution is 6.22. The largest absolute Gasteiger partial charge is 0.394 e. The first-order chi connectivity index (χ1) is 6.96. The number of hydrogen-bond acceptors (Lipinski definition) is 4. The molecular weight excluding hydrogens is 216 g/mol. The van der Waals surface area contributed by atoms with Crippen molar-refractivity contribution in [3.05, 3.63) is 0 Å². The van der Waals surface area contributed by atoms with Crippen LogP contribution in [0.15, 0.2) is 0 Å². The molecule has 0 aliphatic carbocycles. The molecule has 0 saturated carbocycles. The lowest BCUT2D eigenvalue weighted by atomic mass is 10.1. The SMILES string of the molecule is CC1(C)CN(CC(Cl)C#N)CC(CO)O1. The van der Waals surface area contributed by atoms with Crippen LogP contribution in [-0.4, -0.2) is 53.3 Å². The number of ether oxygens (including phenoxy) is 1. The van der Waals surface area contributed by atoms with Crippen molar-refractivity contribution in [2.75, 3.05) is 26.2 Å². The van der Waals surface area contributed by atoms with Crippen molar-refractivity contribution in [1.82, 2.24) is 4.90 Å². The second-order valence-corrected chi connectivity index (χ2v) is 5.00. The Morgan fingerprint density at radius 2 is 2.40 bits per heavy atom. The van der Waals surface area contributed by atoms with E-state index in [-0.39, 0.29) is 18.3 Å². The van der Waals surface area contributed by atoms with E-state index in [1.54, 1.807) is 0 Å². The number of morpholine rings is 1. The van der Waals surface area contributed by atoms with Gasteiger partial charge >= 0.3 is 0 Å². The molecule has 1 N–H and O–H groups in total. The van der Waals surface area contributed by atoms with E-state index in [4.69, 9.17) is 26.7 Å². The number of halogens is 1. The Labute approximate surface area is 95.4 Å². The van der Waals surface area contributed by atoms with E-state index in [2.05, 4.69) is 4.90 Å². The zero-order valence-corrected chi connectivity index (χ0v) is 9.87. The number of aliphatic hydroxyl groups excluding tert-OH is 1. The quantitative estimate of drug-likeness (QED) is 0.724. The van der Waals surface area contributed by atoms with Gasteiger partial charge in [0.15, 0.2) is 0 Å². The molecule has 2 unspecified atom stereocenters. The van der Waals surface area contributed by atoms with Crippen molar-refractivity contribution in [2.24, 2.45) is 0 Å². The maximum absolute atomic E-state index is 9.08. The van der Waals surface area contributed by atoms with Crippen LogP contribution in [0.2, 0.25) is 0 Å². The average molecular weight is 233 g/mol. The Bertz CT molecular complexity index is 252. The van der Waals surface area contributed by atoms with Gasteiger partial charge < -0.3 is 9.84 Å². The summed E-state index contributed by atoms with van der Waals surface area (Å²) in [4.78, 5) is 2.06. The van der Waals surface area contributed by atoms with Crippen molar-refractivity contribution in [1.29, 1.82) is 5.26 Å². The van der Waals surface area contributed by atoms with Crippen molar-refractivity contribution >= 4 is 11.6 Å². The Morgan fingerprint density at radius 3 is 2.93 bits per heavy atom. The number of nitrogens with zero attached hydrogens (tertiary/aromatic N) is 2. The van der Waals surface area contributed by atoms with Gasteiger partial charge in [-0.2, -0.15) is 5.26 Å². The molecular formula is C10H17ClN2O2. The third-order valence-corrected chi connectivity index (χ3v) is 2.55. The third-order valence-electron chi connectivity index (χ3n) is 2.31. The highest BCUT2D eigenvalue weighted by atomic mass is 35.5. The van der Waals surface area contributed by atoms with Crippen LogP contribution in [-0.2, 0) is 4.74 Å². The van der Waals surface area contributed by atoms with Gasteiger partial charge in [-0.1, -0.05) is 0 Å². The molecule has 0 bridgehead atoms. The van der Waals surface area contributed by atoms with Gasteiger partial charge in [-0.3, -0.25) is 4.90 Å². The van der Waals surface area contributed by atoms with Crippen molar-refractivity contribution in [3.63, 3.8) is 0 Å². The summed E-state index contributed by atoms with van der Waals surface area (Å²) in [5, 5.41) is 17.2. The van der Waals surface area contributed by atoms with Crippen LogP contribution in [0, 0.1) is 11.3 Å². The zero-order valence-electron chi connectivity index (χ0n) is 9.11. The summed E-state index contributed by atoms with van der Waals surface area (Å²) < 4.78 is 5.65. The van der Waals surface area contributed by atoms with Gasteiger partial charge in [-0.15, -0.1) is 11.6 Å². The summed E-state index contributed by atoms with van der Waals surface area (Å²) in [6.45, 7) is 5.81. The average Bonchev–Trinajstić information content (AvgIpc) is 2.15. The summed E-state index contributed by atoms with van der Waals surface area (Å²) in [6.07, 6.45) is -0.184. The van der Waals surface area contributed by atoms with Crippen LogP contribution >= 0.6 is 11.6 Å². The Morgan fingerprint density at radius 1 is 1.73 bits per heavy atom. The van der Waals surface area contributed by atoms with E-state index in [1.165, 1.54) is 0 Å². The van der Waals surface area contributed by atoms with Gasteiger partial charge in [-0.25, -0.2) is 0 Å². The molecule has 0 aromatic rings. The molecule has 1 aliphatic heterocycles. The molecule has 0 amide bonds. The fourth-order valence-electron chi connectivity index (χ4n) is 1.92. The maximum Gasteiger partial charge on any atom is 0.133 e. The fourth-order valence-corrected chi connectivity index (χ4v) is 2.11. The molecule has 1 aliphatic rings. The first-order valence-corrected chi connectivity index (χ1v) is 5.45. The monoisotopic (exact) mass is 232 g/mol. The third kappa shape index (κ3) is 3.96. The Kier molecular flexibility index (Phi) is 4.35. The molecule has 0 spiro atoms. The Balaban J connectivity index is 2.55. The molecule has 15 heavy (non-hydrogen) atoms. The standard InChI is InChI=1S/C10H17ClN2O2/c1-10(2)7-13(4-8(11)3-12)5-9(6-14)15-10/h8-9,14H,4-7H2,1-2H3. The Hall–Kier alpha value is -0.340. The number of nitriles is 1. The number of alkyl halides is 1. The van der Waals surface area contributed by atoms with Crippen LogP contribution in [0.1, 0.15) is 13.8 Å². The number of hydrogen-bond donors (Lipinski definition) is 1. The number of rotatable bonds is 3. The van der Waals surface area contributed by atoms with E-state index in [1.807, 2.05) is 19.9 Å². The van der Waals surface area contributed by atoms with Crippen LogP contribution < -0.4 is 0 Å². The van der Waals surface area contributed by atoms with E-state index in [0.29, 0.717) is 13.1 Å². The molecule has 1 fully saturated rings. The van der Waals surface area contributed by atoms with Crippen LogP contribution in [0.25, 0.3) is 0 Å². The molecule has 0 radical (unpaired) electrons. The molecule has 1 saturated heterocycles. The molecule has 4 nitrogen and oxygen atoms in total. The van der Waals surface area contributed by atoms with Crippen LogP contribution in [0.5, 0.6) is 0 Å². The van der Waals surface area contributed by atoms with Gasteiger partial charge in [0.05, 0.1) is 24.4 Å². The molecule has 86 valence electrons. The second-order valence-electron chi connectivity index (χ2n) is 4.47. The summed E-state index contributed by atoms with van der Waals surface area (Å²) in [5.41, 5.74) is -0.294. The zero-order chi connectivity index (χ0) is 11.5. The summed E-state index contributed by atoms with van der Waals surface area (Å²) >= 11 is 5.78. The van der Waals surface area contributed by atoms with Gasteiger partial charge in [-0.05, 0) is 13.8 Å². The van der Waals surface area contributed by atoms with Gasteiger partial charge in [0, 0.05) is 19.6 Å². The normalized spacial score (nSPS) is 28.3. The predicted molar refractivity (Wildman–Crippen MR) is 57.7 cm³/mol. The molecule has 2 atom stereocenters.